The molecule has 0 bridgehead atoms. The molecule has 3 aliphatic rings. The molecule has 0 aromatic heterocycles. The number of ether oxygens (including phenoxy) is 1. The van der Waals surface area contributed by atoms with Crippen molar-refractivity contribution in [2.24, 2.45) is 4.99 Å². The molecular formula is C25H26F2N4O3. The second-order valence-corrected chi connectivity index (χ2v) is 9.02. The highest BCUT2D eigenvalue weighted by Crippen LogP contribution is 2.39. The van der Waals surface area contributed by atoms with Crippen molar-refractivity contribution < 1.29 is 23.1 Å². The molecule has 34 heavy (non-hydrogen) atoms. The van der Waals surface area contributed by atoms with Crippen molar-refractivity contribution >= 4 is 23.5 Å². The Kier molecular flexibility index (Phi) is 5.71. The number of carbonyl (C=O) groups is 2. The molecule has 3 amide bonds. The zero-order valence-electron chi connectivity index (χ0n) is 18.9. The third-order valence-electron chi connectivity index (χ3n) is 6.91. The van der Waals surface area contributed by atoms with Gasteiger partial charge >= 0.3 is 6.03 Å². The van der Waals surface area contributed by atoms with Crippen LogP contribution >= 0.6 is 0 Å². The topological polar surface area (TPSA) is 74.2 Å². The molecule has 2 aromatic carbocycles. The molecule has 1 spiro atoms. The van der Waals surface area contributed by atoms with Crippen LogP contribution < -0.4 is 15.0 Å². The van der Waals surface area contributed by atoms with Gasteiger partial charge in [-0.25, -0.2) is 13.6 Å². The number of rotatable bonds is 4. The van der Waals surface area contributed by atoms with Crippen LogP contribution in [0.15, 0.2) is 47.5 Å². The summed E-state index contributed by atoms with van der Waals surface area (Å²) in [7, 11) is 1.50. The molecule has 1 aliphatic carbocycles. The minimum atomic E-state index is -1.03. The number of likely N-dealkylation sites (tertiary alicyclic amines) is 1. The Hall–Kier alpha value is -3.49. The lowest BCUT2D eigenvalue weighted by molar-refractivity contribution is 0.0785. The van der Waals surface area contributed by atoms with E-state index in [1.54, 1.807) is 29.2 Å². The first kappa shape index (κ1) is 22.3. The molecule has 5 rings (SSSR count). The van der Waals surface area contributed by atoms with Crippen LogP contribution in [-0.2, 0) is 0 Å². The average molecular weight is 469 g/mol. The largest absolute Gasteiger partial charge is 0.496 e. The Labute approximate surface area is 196 Å². The summed E-state index contributed by atoms with van der Waals surface area (Å²) in [6, 6.07) is 9.56. The van der Waals surface area contributed by atoms with Crippen molar-refractivity contribution in [1.82, 2.24) is 10.2 Å². The van der Waals surface area contributed by atoms with Crippen LogP contribution in [0.5, 0.6) is 5.75 Å². The van der Waals surface area contributed by atoms with E-state index in [0.29, 0.717) is 30.1 Å². The highest BCUT2D eigenvalue weighted by molar-refractivity contribution is 6.19. The number of carbonyl (C=O) groups excluding carboxylic acids is 2. The predicted molar refractivity (Wildman–Crippen MR) is 123 cm³/mol. The Balaban J connectivity index is 1.55. The third kappa shape index (κ3) is 3.78. The number of urea groups is 1. The molecule has 2 heterocycles. The van der Waals surface area contributed by atoms with E-state index in [1.807, 2.05) is 0 Å². The normalized spacial score (nSPS) is 23.9. The fourth-order valence-electron chi connectivity index (χ4n) is 5.31. The molecule has 1 N–H and O–H groups in total. The number of anilines is 1. The fourth-order valence-corrected chi connectivity index (χ4v) is 5.31. The first-order valence-electron chi connectivity index (χ1n) is 11.5. The van der Waals surface area contributed by atoms with Gasteiger partial charge in [0.15, 0.2) is 0 Å². The number of nitrogens with zero attached hydrogens (tertiary/aromatic N) is 3. The Morgan fingerprint density at radius 3 is 2.56 bits per heavy atom. The monoisotopic (exact) mass is 468 g/mol. The molecule has 9 heteroatoms. The van der Waals surface area contributed by atoms with Gasteiger partial charge in [0.25, 0.3) is 5.91 Å². The maximum absolute atomic E-state index is 14.1. The zero-order chi connectivity index (χ0) is 23.9. The van der Waals surface area contributed by atoms with E-state index in [9.17, 15) is 18.4 Å². The summed E-state index contributed by atoms with van der Waals surface area (Å²) in [5, 5.41) is 2.85. The molecule has 178 valence electrons. The fraction of sp³-hybridized carbons (Fsp3) is 0.400. The van der Waals surface area contributed by atoms with E-state index in [1.165, 1.54) is 12.0 Å². The van der Waals surface area contributed by atoms with E-state index in [4.69, 9.17) is 9.73 Å². The molecule has 1 atom stereocenters. The van der Waals surface area contributed by atoms with Crippen molar-refractivity contribution in [3.8, 4) is 5.75 Å². The third-order valence-corrected chi connectivity index (χ3v) is 6.91. The number of halogens is 2. The summed E-state index contributed by atoms with van der Waals surface area (Å²) in [6.07, 6.45) is 4.37. The lowest BCUT2D eigenvalue weighted by Crippen LogP contribution is -2.53. The molecule has 2 aliphatic heterocycles. The maximum atomic E-state index is 14.1. The Morgan fingerprint density at radius 1 is 1.15 bits per heavy atom. The van der Waals surface area contributed by atoms with Crippen molar-refractivity contribution in [3.63, 3.8) is 0 Å². The van der Waals surface area contributed by atoms with Gasteiger partial charge in [0, 0.05) is 12.6 Å². The van der Waals surface area contributed by atoms with Crippen LogP contribution in [0.4, 0.5) is 19.3 Å². The van der Waals surface area contributed by atoms with Gasteiger partial charge in [-0.1, -0.05) is 25.0 Å². The number of amides is 3. The van der Waals surface area contributed by atoms with Gasteiger partial charge in [-0.3, -0.25) is 20.0 Å². The molecule has 2 saturated heterocycles. The van der Waals surface area contributed by atoms with Crippen LogP contribution in [0.25, 0.3) is 0 Å². The van der Waals surface area contributed by atoms with Gasteiger partial charge in [-0.05, 0) is 43.5 Å². The molecular weight excluding hydrogens is 442 g/mol. The van der Waals surface area contributed by atoms with Crippen LogP contribution in [0.3, 0.4) is 0 Å². The summed E-state index contributed by atoms with van der Waals surface area (Å²) in [4.78, 5) is 34.5. The summed E-state index contributed by atoms with van der Waals surface area (Å²) >= 11 is 0. The summed E-state index contributed by atoms with van der Waals surface area (Å²) in [5.41, 5.74) is -0.521. The van der Waals surface area contributed by atoms with Gasteiger partial charge in [0.2, 0.25) is 0 Å². The van der Waals surface area contributed by atoms with Gasteiger partial charge < -0.3 is 9.64 Å². The highest BCUT2D eigenvalue weighted by Gasteiger charge is 2.56. The van der Waals surface area contributed by atoms with Crippen LogP contribution in [0.2, 0.25) is 0 Å². The van der Waals surface area contributed by atoms with Gasteiger partial charge in [0.05, 0.1) is 30.9 Å². The number of methoxy groups -OCH3 is 1. The Morgan fingerprint density at radius 2 is 1.85 bits per heavy atom. The standard InChI is InChI=1S/C25H26F2N4O3/c1-34-21-9-5-4-8-20(21)22(32)30-11-10-25(15-30)23(28-18-6-2-3-7-18)29-24(33)31(25)19-13-16(26)12-17(27)14-19/h4-5,8-9,12-14,18H,2-3,6-7,10-11,15H2,1H3,(H,28,29,33). The molecule has 3 fully saturated rings. The smallest absolute Gasteiger partial charge is 0.328 e. The van der Waals surface area contributed by atoms with Gasteiger partial charge in [-0.2, -0.15) is 0 Å². The summed E-state index contributed by atoms with van der Waals surface area (Å²) in [6.45, 7) is 0.496. The van der Waals surface area contributed by atoms with Crippen molar-refractivity contribution in [2.45, 2.75) is 43.7 Å². The molecule has 1 unspecified atom stereocenters. The zero-order valence-corrected chi connectivity index (χ0v) is 18.9. The SMILES string of the molecule is COc1ccccc1C(=O)N1CCC2(C1)C(=NC1CCCC1)NC(=O)N2c1cc(F)cc(F)c1. The summed E-state index contributed by atoms with van der Waals surface area (Å²) < 4.78 is 33.6. The number of aliphatic imine (C=N–C) groups is 1. The van der Waals surface area contributed by atoms with Crippen LogP contribution in [0, 0.1) is 11.6 Å². The number of para-hydroxylation sites is 1. The van der Waals surface area contributed by atoms with Crippen molar-refractivity contribution in [3.05, 3.63) is 59.7 Å². The number of nitrogens with one attached hydrogen (secondary N) is 1. The van der Waals surface area contributed by atoms with E-state index in [2.05, 4.69) is 5.32 Å². The quantitative estimate of drug-likeness (QED) is 0.733. The molecule has 1 saturated carbocycles. The predicted octanol–water partition coefficient (Wildman–Crippen LogP) is 4.13. The highest BCUT2D eigenvalue weighted by atomic mass is 19.1. The molecule has 0 radical (unpaired) electrons. The first-order valence-corrected chi connectivity index (χ1v) is 11.5. The lowest BCUT2D eigenvalue weighted by Gasteiger charge is -2.33. The number of amidine groups is 1. The van der Waals surface area contributed by atoms with Gasteiger partial charge in [0.1, 0.15) is 28.8 Å². The van der Waals surface area contributed by atoms with E-state index < -0.39 is 23.2 Å². The van der Waals surface area contributed by atoms with Crippen LogP contribution in [-0.4, -0.2) is 54.5 Å². The van der Waals surface area contributed by atoms with E-state index in [0.717, 1.165) is 43.9 Å². The molecule has 7 nitrogen and oxygen atoms in total. The summed E-state index contributed by atoms with van der Waals surface area (Å²) in [5.74, 6) is -0.875. The van der Waals surface area contributed by atoms with Crippen LogP contribution in [0.1, 0.15) is 42.5 Å². The lowest BCUT2D eigenvalue weighted by atomic mass is 9.95. The number of hydrogen-bond acceptors (Lipinski definition) is 4. The average Bonchev–Trinajstić information content (AvgIpc) is 3.54. The number of benzene rings is 2. The van der Waals surface area contributed by atoms with E-state index >= 15 is 0 Å². The maximum Gasteiger partial charge on any atom is 0.328 e. The minimum absolute atomic E-state index is 0.0790. The second-order valence-electron chi connectivity index (χ2n) is 9.02. The van der Waals surface area contributed by atoms with Crippen molar-refractivity contribution in [1.29, 1.82) is 0 Å². The minimum Gasteiger partial charge on any atom is -0.496 e. The van der Waals surface area contributed by atoms with Crippen molar-refractivity contribution in [2.75, 3.05) is 25.1 Å². The first-order chi connectivity index (χ1) is 16.4. The van der Waals surface area contributed by atoms with E-state index in [-0.39, 0.29) is 24.2 Å². The van der Waals surface area contributed by atoms with Gasteiger partial charge in [-0.15, -0.1) is 0 Å². The second kappa shape index (κ2) is 8.70. The molecule has 2 aromatic rings. The Bertz CT molecular complexity index is 1140. The number of hydrogen-bond donors (Lipinski definition) is 1.